The average molecular weight is 409 g/mol. The van der Waals surface area contributed by atoms with E-state index in [0.29, 0.717) is 5.69 Å². The molecule has 0 aliphatic rings. The molecule has 2 rings (SSSR count). The van der Waals surface area contributed by atoms with E-state index < -0.39 is 5.91 Å². The molecule has 3 N–H and O–H groups in total. The SMILES string of the molecule is Nc1nonc1C(=O)Nc1cc(I)ccc1Br. The second-order valence-electron chi connectivity index (χ2n) is 3.08. The number of nitrogens with two attached hydrogens (primary N) is 1. The van der Waals surface area contributed by atoms with E-state index in [0.717, 1.165) is 8.04 Å². The first-order valence-corrected chi connectivity index (χ1v) is 6.29. The summed E-state index contributed by atoms with van der Waals surface area (Å²) < 4.78 is 6.12. The van der Waals surface area contributed by atoms with Crippen LogP contribution in [0.1, 0.15) is 10.5 Å². The monoisotopic (exact) mass is 408 g/mol. The minimum Gasteiger partial charge on any atom is -0.379 e. The van der Waals surface area contributed by atoms with Gasteiger partial charge in [0.1, 0.15) is 0 Å². The highest BCUT2D eigenvalue weighted by atomic mass is 127. The van der Waals surface area contributed by atoms with E-state index in [2.05, 4.69) is 58.8 Å². The van der Waals surface area contributed by atoms with Crippen LogP contribution in [0.25, 0.3) is 0 Å². The number of anilines is 2. The molecule has 0 bridgehead atoms. The van der Waals surface area contributed by atoms with E-state index in [1.807, 2.05) is 18.2 Å². The third-order valence-corrected chi connectivity index (χ3v) is 3.27. The summed E-state index contributed by atoms with van der Waals surface area (Å²) in [6.45, 7) is 0. The molecule has 0 unspecified atom stereocenters. The summed E-state index contributed by atoms with van der Waals surface area (Å²) in [6.07, 6.45) is 0. The number of hydrogen-bond donors (Lipinski definition) is 2. The third kappa shape index (κ3) is 2.75. The van der Waals surface area contributed by atoms with Crippen molar-refractivity contribution in [1.82, 2.24) is 10.3 Å². The number of rotatable bonds is 2. The number of nitrogen functional groups attached to an aromatic ring is 1. The van der Waals surface area contributed by atoms with Gasteiger partial charge in [0.2, 0.25) is 11.5 Å². The molecule has 2 aromatic rings. The molecule has 17 heavy (non-hydrogen) atoms. The van der Waals surface area contributed by atoms with Gasteiger partial charge in [-0.25, -0.2) is 4.63 Å². The summed E-state index contributed by atoms with van der Waals surface area (Å²) in [6, 6.07) is 5.56. The van der Waals surface area contributed by atoms with Crippen LogP contribution >= 0.6 is 38.5 Å². The lowest BCUT2D eigenvalue weighted by Gasteiger charge is -2.06. The van der Waals surface area contributed by atoms with Crippen LogP contribution in [0.15, 0.2) is 27.3 Å². The van der Waals surface area contributed by atoms with Crippen molar-refractivity contribution < 1.29 is 9.42 Å². The zero-order chi connectivity index (χ0) is 12.4. The Hall–Kier alpha value is -1.16. The molecule has 1 aromatic heterocycles. The number of nitrogens with one attached hydrogen (secondary N) is 1. The van der Waals surface area contributed by atoms with Crippen molar-refractivity contribution in [2.45, 2.75) is 0 Å². The minimum absolute atomic E-state index is 0.0317. The van der Waals surface area contributed by atoms with Crippen LogP contribution in [0.4, 0.5) is 11.5 Å². The first-order valence-electron chi connectivity index (χ1n) is 4.42. The zero-order valence-corrected chi connectivity index (χ0v) is 12.0. The number of benzene rings is 1. The molecule has 1 aromatic carbocycles. The van der Waals surface area contributed by atoms with Crippen molar-refractivity contribution >= 4 is 55.9 Å². The molecule has 0 atom stereocenters. The molecule has 0 aliphatic heterocycles. The Bertz CT molecular complexity index is 572. The maximum Gasteiger partial charge on any atom is 0.281 e. The molecule has 0 saturated carbocycles. The van der Waals surface area contributed by atoms with E-state index in [4.69, 9.17) is 5.73 Å². The Morgan fingerprint density at radius 2 is 2.24 bits per heavy atom. The normalized spacial score (nSPS) is 10.2. The first kappa shape index (κ1) is 12.3. The molecule has 0 saturated heterocycles. The van der Waals surface area contributed by atoms with E-state index in [1.165, 1.54) is 0 Å². The van der Waals surface area contributed by atoms with Crippen molar-refractivity contribution in [2.75, 3.05) is 11.1 Å². The van der Waals surface area contributed by atoms with Gasteiger partial charge < -0.3 is 11.1 Å². The highest BCUT2D eigenvalue weighted by Crippen LogP contribution is 2.25. The smallest absolute Gasteiger partial charge is 0.281 e. The van der Waals surface area contributed by atoms with Crippen LogP contribution in [0.5, 0.6) is 0 Å². The zero-order valence-electron chi connectivity index (χ0n) is 8.28. The van der Waals surface area contributed by atoms with Gasteiger partial charge in [0.25, 0.3) is 5.91 Å². The lowest BCUT2D eigenvalue weighted by Crippen LogP contribution is -2.14. The number of aromatic nitrogens is 2. The summed E-state index contributed by atoms with van der Waals surface area (Å²) in [5.41, 5.74) is 6.02. The van der Waals surface area contributed by atoms with Crippen LogP contribution < -0.4 is 11.1 Å². The van der Waals surface area contributed by atoms with Crippen molar-refractivity contribution in [3.05, 3.63) is 31.9 Å². The Balaban J connectivity index is 2.24. The van der Waals surface area contributed by atoms with Gasteiger partial charge in [-0.15, -0.1) is 0 Å². The lowest BCUT2D eigenvalue weighted by molar-refractivity contribution is 0.101. The summed E-state index contributed by atoms with van der Waals surface area (Å²) >= 11 is 5.48. The topological polar surface area (TPSA) is 94.0 Å². The molecule has 0 radical (unpaired) electrons. The van der Waals surface area contributed by atoms with Crippen LogP contribution in [0, 0.1) is 3.57 Å². The van der Waals surface area contributed by atoms with Gasteiger partial charge in [0, 0.05) is 8.04 Å². The Labute approximate surface area is 118 Å². The second-order valence-corrected chi connectivity index (χ2v) is 5.18. The maximum absolute atomic E-state index is 11.8. The second kappa shape index (κ2) is 5.00. The van der Waals surface area contributed by atoms with Crippen LogP contribution in [0.3, 0.4) is 0 Å². The first-order chi connectivity index (χ1) is 8.08. The fourth-order valence-electron chi connectivity index (χ4n) is 1.13. The number of nitrogens with zero attached hydrogens (tertiary/aromatic N) is 2. The average Bonchev–Trinajstić information content (AvgIpc) is 2.70. The molecule has 8 heteroatoms. The fraction of sp³-hybridized carbons (Fsp3) is 0. The molecule has 1 amide bonds. The predicted octanol–water partition coefficient (Wildman–Crippen LogP) is 2.27. The molecule has 88 valence electrons. The van der Waals surface area contributed by atoms with Crippen LogP contribution in [-0.2, 0) is 0 Å². The van der Waals surface area contributed by atoms with E-state index >= 15 is 0 Å². The van der Waals surface area contributed by atoms with Gasteiger partial charge in [-0.2, -0.15) is 0 Å². The summed E-state index contributed by atoms with van der Waals surface area (Å²) in [4.78, 5) is 11.8. The molecular weight excluding hydrogens is 403 g/mol. The molecule has 1 heterocycles. The van der Waals surface area contributed by atoms with E-state index in [1.54, 1.807) is 0 Å². The summed E-state index contributed by atoms with van der Waals surface area (Å²) in [7, 11) is 0. The predicted molar refractivity (Wildman–Crippen MR) is 73.5 cm³/mol. The molecule has 6 nitrogen and oxygen atoms in total. The third-order valence-electron chi connectivity index (χ3n) is 1.91. The van der Waals surface area contributed by atoms with Crippen LogP contribution in [-0.4, -0.2) is 16.2 Å². The van der Waals surface area contributed by atoms with Gasteiger partial charge in [-0.1, -0.05) is 0 Å². The van der Waals surface area contributed by atoms with Gasteiger partial charge in [-0.3, -0.25) is 4.79 Å². The lowest BCUT2D eigenvalue weighted by atomic mass is 10.3. The van der Waals surface area contributed by atoms with E-state index in [9.17, 15) is 4.79 Å². The highest BCUT2D eigenvalue weighted by molar-refractivity contribution is 14.1. The molecular formula is C9H6BrIN4O2. The van der Waals surface area contributed by atoms with Gasteiger partial charge in [0.15, 0.2) is 0 Å². The highest BCUT2D eigenvalue weighted by Gasteiger charge is 2.16. The molecule has 0 fully saturated rings. The fourth-order valence-corrected chi connectivity index (χ4v) is 1.96. The number of hydrogen-bond acceptors (Lipinski definition) is 5. The Morgan fingerprint density at radius 1 is 1.47 bits per heavy atom. The minimum atomic E-state index is -0.466. The Kier molecular flexibility index (Phi) is 3.62. The van der Waals surface area contributed by atoms with Crippen molar-refractivity contribution in [3.63, 3.8) is 0 Å². The largest absolute Gasteiger partial charge is 0.379 e. The standard InChI is InChI=1S/C9H6BrIN4O2/c10-5-2-1-4(11)3-6(5)13-9(16)7-8(12)15-17-14-7/h1-3H,(H2,12,15)(H,13,16). The Morgan fingerprint density at radius 3 is 2.88 bits per heavy atom. The number of halogens is 2. The molecule has 0 aliphatic carbocycles. The maximum atomic E-state index is 11.8. The number of carbonyl (C=O) groups is 1. The van der Waals surface area contributed by atoms with Crippen molar-refractivity contribution in [3.8, 4) is 0 Å². The van der Waals surface area contributed by atoms with Crippen LogP contribution in [0.2, 0.25) is 0 Å². The quantitative estimate of drug-likeness (QED) is 0.743. The number of amides is 1. The number of carbonyl (C=O) groups excluding carboxylic acids is 1. The summed E-state index contributed by atoms with van der Waals surface area (Å²) in [5, 5.41) is 9.42. The molecule has 0 spiro atoms. The van der Waals surface area contributed by atoms with Crippen molar-refractivity contribution in [1.29, 1.82) is 0 Å². The van der Waals surface area contributed by atoms with Gasteiger partial charge in [-0.05, 0) is 67.0 Å². The van der Waals surface area contributed by atoms with Gasteiger partial charge in [0.05, 0.1) is 5.69 Å². The van der Waals surface area contributed by atoms with Crippen molar-refractivity contribution in [2.24, 2.45) is 0 Å². The summed E-state index contributed by atoms with van der Waals surface area (Å²) in [5.74, 6) is -0.504. The van der Waals surface area contributed by atoms with E-state index in [-0.39, 0.29) is 11.5 Å². The van der Waals surface area contributed by atoms with Gasteiger partial charge >= 0.3 is 0 Å².